The van der Waals surface area contributed by atoms with E-state index in [1.54, 1.807) is 0 Å². The van der Waals surface area contributed by atoms with Crippen LogP contribution in [0.5, 0.6) is 0 Å². The lowest BCUT2D eigenvalue weighted by atomic mass is 10.1. The van der Waals surface area contributed by atoms with E-state index in [4.69, 9.17) is 0 Å². The van der Waals surface area contributed by atoms with Gasteiger partial charge in [-0.1, -0.05) is 12.0 Å². The van der Waals surface area contributed by atoms with Gasteiger partial charge in [0.25, 0.3) is 5.95 Å². The number of tetrazole rings is 1. The monoisotopic (exact) mass is 196 g/mol. The highest BCUT2D eigenvalue weighted by molar-refractivity contribution is 5.30. The van der Waals surface area contributed by atoms with Crippen molar-refractivity contribution < 1.29 is 0 Å². The average molecular weight is 196 g/mol. The van der Waals surface area contributed by atoms with Crippen molar-refractivity contribution in [1.82, 2.24) is 25.9 Å². The molecular formula is C8H16N6. The highest BCUT2D eigenvalue weighted by Crippen LogP contribution is 2.14. The van der Waals surface area contributed by atoms with Gasteiger partial charge in [-0.15, -0.1) is 5.10 Å². The zero-order valence-corrected chi connectivity index (χ0v) is 8.56. The summed E-state index contributed by atoms with van der Waals surface area (Å²) in [5.74, 6) is 0.706. The fraction of sp³-hybridized carbons (Fsp3) is 0.875. The smallest absolute Gasteiger partial charge is 0.266 e. The van der Waals surface area contributed by atoms with Crippen molar-refractivity contribution >= 4 is 5.95 Å². The summed E-state index contributed by atoms with van der Waals surface area (Å²) in [7, 11) is 0. The van der Waals surface area contributed by atoms with E-state index in [0.29, 0.717) is 18.0 Å². The number of anilines is 1. The Hall–Kier alpha value is -1.17. The van der Waals surface area contributed by atoms with E-state index >= 15 is 0 Å². The van der Waals surface area contributed by atoms with Crippen molar-refractivity contribution in [3.05, 3.63) is 0 Å². The third kappa shape index (κ3) is 1.70. The summed E-state index contributed by atoms with van der Waals surface area (Å²) in [5, 5.41) is 17.6. The minimum atomic E-state index is 0.426. The molecule has 1 aliphatic rings. The molecule has 0 aromatic carbocycles. The first kappa shape index (κ1) is 9.39. The molecule has 2 heterocycles. The fourth-order valence-electron chi connectivity index (χ4n) is 1.76. The summed E-state index contributed by atoms with van der Waals surface area (Å²) in [6, 6.07) is 0.958. The standard InChI is InChI=1S/C8H16N6/c1-3-7-5-14(6(2)4-9-7)8-10-12-13-11-8/h6-7,9H,3-5H2,1-2H3,(H,10,11,12,13). The predicted molar refractivity (Wildman–Crippen MR) is 53.1 cm³/mol. The second kappa shape index (κ2) is 3.91. The lowest BCUT2D eigenvalue weighted by Crippen LogP contribution is -2.55. The topological polar surface area (TPSA) is 69.7 Å². The van der Waals surface area contributed by atoms with Gasteiger partial charge in [-0.2, -0.15) is 5.21 Å². The summed E-state index contributed by atoms with van der Waals surface area (Å²) >= 11 is 0. The molecule has 0 amide bonds. The molecule has 0 spiro atoms. The summed E-state index contributed by atoms with van der Waals surface area (Å²) in [6.45, 7) is 6.28. The number of hydrogen-bond acceptors (Lipinski definition) is 5. The summed E-state index contributed by atoms with van der Waals surface area (Å²) in [4.78, 5) is 2.19. The first-order chi connectivity index (χ1) is 6.81. The van der Waals surface area contributed by atoms with Crippen molar-refractivity contribution in [2.45, 2.75) is 32.4 Å². The van der Waals surface area contributed by atoms with Crippen LogP contribution < -0.4 is 10.2 Å². The Kier molecular flexibility index (Phi) is 2.62. The third-order valence-corrected chi connectivity index (χ3v) is 2.73. The molecule has 1 aliphatic heterocycles. The Balaban J connectivity index is 2.09. The molecule has 2 N–H and O–H groups in total. The maximum atomic E-state index is 4.01. The van der Waals surface area contributed by atoms with Crippen molar-refractivity contribution in [2.24, 2.45) is 0 Å². The molecule has 2 unspecified atom stereocenters. The van der Waals surface area contributed by atoms with Gasteiger partial charge < -0.3 is 10.2 Å². The summed E-state index contributed by atoms with van der Waals surface area (Å²) in [6.07, 6.45) is 1.13. The van der Waals surface area contributed by atoms with Gasteiger partial charge in [0.05, 0.1) is 0 Å². The first-order valence-electron chi connectivity index (χ1n) is 5.04. The molecule has 0 aliphatic carbocycles. The van der Waals surface area contributed by atoms with Crippen molar-refractivity contribution in [3.63, 3.8) is 0 Å². The lowest BCUT2D eigenvalue weighted by Gasteiger charge is -2.37. The third-order valence-electron chi connectivity index (χ3n) is 2.73. The zero-order valence-electron chi connectivity index (χ0n) is 8.56. The van der Waals surface area contributed by atoms with E-state index in [1.165, 1.54) is 0 Å². The molecule has 14 heavy (non-hydrogen) atoms. The van der Waals surface area contributed by atoms with Crippen molar-refractivity contribution in [3.8, 4) is 0 Å². The minimum Gasteiger partial charge on any atom is -0.333 e. The van der Waals surface area contributed by atoms with Crippen LogP contribution in [0.3, 0.4) is 0 Å². The van der Waals surface area contributed by atoms with E-state index in [9.17, 15) is 0 Å². The van der Waals surface area contributed by atoms with E-state index in [0.717, 1.165) is 19.5 Å². The van der Waals surface area contributed by atoms with Gasteiger partial charge in [-0.25, -0.2) is 0 Å². The van der Waals surface area contributed by atoms with Crippen LogP contribution in [0.1, 0.15) is 20.3 Å². The van der Waals surface area contributed by atoms with E-state index in [1.807, 2.05) is 0 Å². The second-order valence-corrected chi connectivity index (χ2v) is 3.73. The van der Waals surface area contributed by atoms with Crippen LogP contribution in [0.15, 0.2) is 0 Å². The van der Waals surface area contributed by atoms with Crippen LogP contribution in [-0.4, -0.2) is 45.8 Å². The number of hydrogen-bond donors (Lipinski definition) is 2. The molecule has 1 aromatic rings. The second-order valence-electron chi connectivity index (χ2n) is 3.73. The largest absolute Gasteiger partial charge is 0.333 e. The molecule has 78 valence electrons. The molecule has 0 radical (unpaired) electrons. The van der Waals surface area contributed by atoms with Crippen LogP contribution in [-0.2, 0) is 0 Å². The number of aromatic nitrogens is 4. The van der Waals surface area contributed by atoms with Crippen LogP contribution >= 0.6 is 0 Å². The molecule has 1 saturated heterocycles. The molecule has 1 fully saturated rings. The Bertz CT molecular complexity index is 271. The van der Waals surface area contributed by atoms with Gasteiger partial charge in [-0.05, 0) is 18.6 Å². The normalized spacial score (nSPS) is 28.0. The fourth-order valence-corrected chi connectivity index (χ4v) is 1.76. The Morgan fingerprint density at radius 1 is 1.57 bits per heavy atom. The van der Waals surface area contributed by atoms with Crippen LogP contribution in [0.2, 0.25) is 0 Å². The quantitative estimate of drug-likeness (QED) is 0.684. The number of rotatable bonds is 2. The molecule has 0 bridgehead atoms. The molecule has 2 atom stereocenters. The van der Waals surface area contributed by atoms with Gasteiger partial charge in [0.2, 0.25) is 0 Å². The SMILES string of the molecule is CCC1CN(c2nn[nH]n2)C(C)CN1. The average Bonchev–Trinajstić information content (AvgIpc) is 2.71. The minimum absolute atomic E-state index is 0.426. The van der Waals surface area contributed by atoms with E-state index < -0.39 is 0 Å². The summed E-state index contributed by atoms with van der Waals surface area (Å²) < 4.78 is 0. The Morgan fingerprint density at radius 3 is 3.07 bits per heavy atom. The van der Waals surface area contributed by atoms with Gasteiger partial charge in [0.1, 0.15) is 0 Å². The van der Waals surface area contributed by atoms with Crippen molar-refractivity contribution in [1.29, 1.82) is 0 Å². The Labute approximate surface area is 83.1 Å². The number of nitrogens with one attached hydrogen (secondary N) is 2. The van der Waals surface area contributed by atoms with Gasteiger partial charge >= 0.3 is 0 Å². The van der Waals surface area contributed by atoms with Gasteiger partial charge in [0.15, 0.2) is 0 Å². The van der Waals surface area contributed by atoms with Crippen LogP contribution in [0.4, 0.5) is 5.95 Å². The molecule has 2 rings (SSSR count). The summed E-state index contributed by atoms with van der Waals surface area (Å²) in [5.41, 5.74) is 0. The predicted octanol–water partition coefficient (Wildman–Crippen LogP) is -0.224. The Morgan fingerprint density at radius 2 is 2.43 bits per heavy atom. The highest BCUT2D eigenvalue weighted by atomic mass is 15.5. The first-order valence-corrected chi connectivity index (χ1v) is 5.04. The molecule has 6 heteroatoms. The van der Waals surface area contributed by atoms with Crippen molar-refractivity contribution in [2.75, 3.05) is 18.0 Å². The lowest BCUT2D eigenvalue weighted by molar-refractivity contribution is 0.393. The van der Waals surface area contributed by atoms with Crippen LogP contribution in [0, 0.1) is 0 Å². The van der Waals surface area contributed by atoms with E-state index in [2.05, 4.69) is 44.7 Å². The molecule has 1 aromatic heterocycles. The molecule has 6 nitrogen and oxygen atoms in total. The zero-order chi connectivity index (χ0) is 9.97. The maximum absolute atomic E-state index is 4.01. The number of piperazine rings is 1. The highest BCUT2D eigenvalue weighted by Gasteiger charge is 2.26. The van der Waals surface area contributed by atoms with Gasteiger partial charge in [-0.3, -0.25) is 0 Å². The molecular weight excluding hydrogens is 180 g/mol. The van der Waals surface area contributed by atoms with E-state index in [-0.39, 0.29) is 0 Å². The van der Waals surface area contributed by atoms with Gasteiger partial charge in [0, 0.05) is 25.2 Å². The number of nitrogens with zero attached hydrogens (tertiary/aromatic N) is 4. The number of H-pyrrole nitrogens is 1. The molecule has 0 saturated carbocycles. The van der Waals surface area contributed by atoms with Crippen LogP contribution in [0.25, 0.3) is 0 Å². The maximum Gasteiger partial charge on any atom is 0.266 e. The number of aromatic amines is 1.